The van der Waals surface area contributed by atoms with Crippen molar-refractivity contribution < 1.29 is 17.7 Å². The molecule has 0 unspecified atom stereocenters. The first-order chi connectivity index (χ1) is 14.0. The van der Waals surface area contributed by atoms with Crippen molar-refractivity contribution in [2.45, 2.75) is 50.7 Å². The molecule has 2 aromatic carbocycles. The monoisotopic (exact) mass is 423 g/mol. The van der Waals surface area contributed by atoms with Crippen molar-refractivity contribution in [3.63, 3.8) is 0 Å². The summed E-state index contributed by atoms with van der Waals surface area (Å²) >= 11 is 0. The Morgan fingerprint density at radius 2 is 1.53 bits per heavy atom. The average molecular weight is 423 g/mol. The van der Waals surface area contributed by atoms with Gasteiger partial charge in [0.2, 0.25) is 0 Å². The van der Waals surface area contributed by atoms with Crippen LogP contribution in [0.3, 0.4) is 0 Å². The van der Waals surface area contributed by atoms with Gasteiger partial charge in [0.1, 0.15) is 0 Å². The Labute approximate surface area is 178 Å². The van der Waals surface area contributed by atoms with Crippen LogP contribution in [0.5, 0.6) is 0 Å². The standard InChI is InChI=1S/C23H26BNO4S/c1-17-10-12-19(13-11-17)30(26,27)25-16-18(20-8-6-7-9-21(20)25)14-15-24-28-22(2,3)23(4,5)29-24/h6-16H,1-5H3/b15-14+. The summed E-state index contributed by atoms with van der Waals surface area (Å²) in [6.45, 7) is 9.93. The smallest absolute Gasteiger partial charge is 0.400 e. The van der Waals surface area contributed by atoms with Crippen molar-refractivity contribution in [2.24, 2.45) is 0 Å². The quantitative estimate of drug-likeness (QED) is 0.564. The van der Waals surface area contributed by atoms with Gasteiger partial charge in [-0.2, -0.15) is 0 Å². The van der Waals surface area contributed by atoms with Gasteiger partial charge < -0.3 is 9.31 Å². The molecular formula is C23H26BNO4S. The number of aromatic nitrogens is 1. The van der Waals surface area contributed by atoms with Crippen molar-refractivity contribution in [1.29, 1.82) is 0 Å². The Kier molecular flexibility index (Phi) is 4.96. The lowest BCUT2D eigenvalue weighted by Gasteiger charge is -2.32. The fraction of sp³-hybridized carbons (Fsp3) is 0.304. The number of rotatable bonds is 4. The largest absolute Gasteiger partial charge is 0.487 e. The molecule has 0 saturated carbocycles. The zero-order chi connectivity index (χ0) is 21.7. The van der Waals surface area contributed by atoms with Crippen LogP contribution in [-0.4, -0.2) is 30.7 Å². The molecule has 156 valence electrons. The summed E-state index contributed by atoms with van der Waals surface area (Å²) in [6.07, 6.45) is 3.52. The fourth-order valence-corrected chi connectivity index (χ4v) is 4.86. The normalized spacial score (nSPS) is 18.5. The summed E-state index contributed by atoms with van der Waals surface area (Å²) in [7, 11) is -4.21. The number of benzene rings is 2. The Balaban J connectivity index is 1.74. The maximum absolute atomic E-state index is 13.3. The molecule has 1 aliphatic heterocycles. The van der Waals surface area contributed by atoms with E-state index in [0.29, 0.717) is 5.52 Å². The zero-order valence-electron chi connectivity index (χ0n) is 17.9. The van der Waals surface area contributed by atoms with E-state index in [1.165, 1.54) is 3.97 Å². The zero-order valence-corrected chi connectivity index (χ0v) is 18.7. The highest BCUT2D eigenvalue weighted by Gasteiger charge is 2.50. The first-order valence-electron chi connectivity index (χ1n) is 9.97. The minimum Gasteiger partial charge on any atom is -0.400 e. The molecule has 30 heavy (non-hydrogen) atoms. The van der Waals surface area contributed by atoms with Gasteiger partial charge in [-0.3, -0.25) is 0 Å². The molecule has 1 aromatic heterocycles. The van der Waals surface area contributed by atoms with E-state index in [2.05, 4.69) is 0 Å². The van der Waals surface area contributed by atoms with Crippen LogP contribution in [0, 0.1) is 6.92 Å². The Bertz CT molecular complexity index is 1210. The van der Waals surface area contributed by atoms with E-state index in [4.69, 9.17) is 9.31 Å². The number of aryl methyl sites for hydroxylation is 1. The lowest BCUT2D eigenvalue weighted by molar-refractivity contribution is 0.00578. The third-order valence-corrected chi connectivity index (χ3v) is 7.68. The molecule has 0 amide bonds. The van der Waals surface area contributed by atoms with E-state index in [9.17, 15) is 8.42 Å². The first-order valence-corrected chi connectivity index (χ1v) is 11.4. The molecule has 0 aliphatic carbocycles. The van der Waals surface area contributed by atoms with E-state index < -0.39 is 28.3 Å². The summed E-state index contributed by atoms with van der Waals surface area (Å²) in [5.74, 6) is 1.83. The van der Waals surface area contributed by atoms with Crippen molar-refractivity contribution in [1.82, 2.24) is 3.97 Å². The van der Waals surface area contributed by atoms with Gasteiger partial charge in [0, 0.05) is 17.1 Å². The van der Waals surface area contributed by atoms with E-state index in [1.54, 1.807) is 30.5 Å². The molecule has 7 heteroatoms. The van der Waals surface area contributed by atoms with Crippen molar-refractivity contribution in [2.75, 3.05) is 0 Å². The number of para-hydroxylation sites is 1. The van der Waals surface area contributed by atoms with E-state index in [0.717, 1.165) is 16.5 Å². The molecular weight excluding hydrogens is 397 g/mol. The minimum absolute atomic E-state index is 0.260. The highest BCUT2D eigenvalue weighted by molar-refractivity contribution is 7.90. The molecule has 1 fully saturated rings. The molecule has 5 nitrogen and oxygen atoms in total. The minimum atomic E-state index is -3.72. The number of nitrogens with zero attached hydrogens (tertiary/aromatic N) is 1. The molecule has 0 radical (unpaired) electrons. The van der Waals surface area contributed by atoms with E-state index in [1.807, 2.05) is 70.9 Å². The number of fused-ring (bicyclic) bond motifs is 1. The van der Waals surface area contributed by atoms with Crippen molar-refractivity contribution in [3.05, 3.63) is 71.8 Å². The van der Waals surface area contributed by atoms with Gasteiger partial charge in [0.05, 0.1) is 21.6 Å². The van der Waals surface area contributed by atoms with Crippen LogP contribution in [0.4, 0.5) is 0 Å². The second-order valence-electron chi connectivity index (χ2n) is 8.70. The lowest BCUT2D eigenvalue weighted by Crippen LogP contribution is -2.41. The van der Waals surface area contributed by atoms with E-state index in [-0.39, 0.29) is 4.90 Å². The second kappa shape index (κ2) is 7.12. The maximum atomic E-state index is 13.3. The van der Waals surface area contributed by atoms with Gasteiger partial charge in [0.25, 0.3) is 10.0 Å². The molecule has 0 bridgehead atoms. The fourth-order valence-electron chi connectivity index (χ4n) is 3.48. The van der Waals surface area contributed by atoms with Crippen molar-refractivity contribution in [3.8, 4) is 0 Å². The van der Waals surface area contributed by atoms with Crippen LogP contribution in [0.1, 0.15) is 38.8 Å². The van der Waals surface area contributed by atoms with Gasteiger partial charge in [0.15, 0.2) is 0 Å². The van der Waals surface area contributed by atoms with Gasteiger partial charge in [-0.15, -0.1) is 0 Å². The van der Waals surface area contributed by atoms with Gasteiger partial charge in [-0.1, -0.05) is 47.9 Å². The molecule has 3 aromatic rings. The van der Waals surface area contributed by atoms with Gasteiger partial charge in [-0.05, 0) is 52.8 Å². The van der Waals surface area contributed by atoms with Crippen LogP contribution in [0.15, 0.2) is 65.6 Å². The second-order valence-corrected chi connectivity index (χ2v) is 10.5. The molecule has 0 spiro atoms. The van der Waals surface area contributed by atoms with Crippen LogP contribution in [0.25, 0.3) is 17.0 Å². The highest BCUT2D eigenvalue weighted by atomic mass is 32.2. The topological polar surface area (TPSA) is 57.5 Å². The Morgan fingerprint density at radius 3 is 2.17 bits per heavy atom. The molecule has 2 heterocycles. The van der Waals surface area contributed by atoms with Crippen LogP contribution in [0.2, 0.25) is 0 Å². The van der Waals surface area contributed by atoms with Crippen LogP contribution >= 0.6 is 0 Å². The predicted octanol–water partition coefficient (Wildman–Crippen LogP) is 4.83. The average Bonchev–Trinajstić information content (AvgIpc) is 3.15. The third kappa shape index (κ3) is 3.51. The van der Waals surface area contributed by atoms with Gasteiger partial charge >= 0.3 is 7.12 Å². The maximum Gasteiger partial charge on any atom is 0.487 e. The molecule has 1 saturated heterocycles. The summed E-state index contributed by atoms with van der Waals surface area (Å²) in [5.41, 5.74) is 1.58. The summed E-state index contributed by atoms with van der Waals surface area (Å²) in [4.78, 5) is 0.260. The van der Waals surface area contributed by atoms with Gasteiger partial charge in [-0.25, -0.2) is 12.4 Å². The molecule has 0 atom stereocenters. The first kappa shape index (κ1) is 20.9. The number of hydrogen-bond donors (Lipinski definition) is 0. The summed E-state index contributed by atoms with van der Waals surface area (Å²) in [6, 6.07) is 14.4. The third-order valence-electron chi connectivity index (χ3n) is 5.99. The molecule has 1 aliphatic rings. The van der Waals surface area contributed by atoms with Crippen LogP contribution in [-0.2, 0) is 19.3 Å². The predicted molar refractivity (Wildman–Crippen MR) is 121 cm³/mol. The summed E-state index contributed by atoms with van der Waals surface area (Å²) < 4.78 is 40.0. The Hall–Kier alpha value is -2.35. The number of hydrogen-bond acceptors (Lipinski definition) is 4. The van der Waals surface area contributed by atoms with E-state index >= 15 is 0 Å². The highest BCUT2D eigenvalue weighted by Crippen LogP contribution is 2.37. The SMILES string of the molecule is Cc1ccc(S(=O)(=O)n2cc(/C=C/B3OC(C)(C)C(C)(C)O3)c3ccccc32)cc1. The lowest BCUT2D eigenvalue weighted by atomic mass is 9.89. The Morgan fingerprint density at radius 1 is 0.933 bits per heavy atom. The van der Waals surface area contributed by atoms with Crippen LogP contribution < -0.4 is 0 Å². The molecule has 0 N–H and O–H groups in total. The summed E-state index contributed by atoms with van der Waals surface area (Å²) in [5, 5.41) is 0.848. The molecule has 4 rings (SSSR count). The van der Waals surface area contributed by atoms with Crippen molar-refractivity contribution >= 4 is 34.1 Å².